The van der Waals surface area contributed by atoms with Crippen molar-refractivity contribution in [3.8, 4) is 0 Å². The maximum atomic E-state index is 13.0. The molecule has 16 heavy (non-hydrogen) atoms. The van der Waals surface area contributed by atoms with Gasteiger partial charge in [0.1, 0.15) is 6.17 Å². The number of nitrogens with zero attached hydrogens (tertiary/aromatic N) is 1. The number of hydrogen-bond acceptors (Lipinski definition) is 4. The van der Waals surface area contributed by atoms with Crippen molar-refractivity contribution < 1.29 is 23.5 Å². The van der Waals surface area contributed by atoms with Crippen LogP contribution < -0.4 is 0 Å². The number of carbonyl (C=O) groups is 2. The highest BCUT2D eigenvalue weighted by atomic mass is 19.1. The summed E-state index contributed by atoms with van der Waals surface area (Å²) in [5.41, 5.74) is 0. The lowest BCUT2D eigenvalue weighted by molar-refractivity contribution is -0.146. The first kappa shape index (κ1) is 12.7. The van der Waals surface area contributed by atoms with E-state index in [0.717, 1.165) is 0 Å². The first-order valence-corrected chi connectivity index (χ1v) is 5.35. The Hall–Kier alpha value is -1.33. The van der Waals surface area contributed by atoms with Crippen LogP contribution in [0.3, 0.4) is 0 Å². The molecule has 0 saturated carbocycles. The third kappa shape index (κ3) is 4.04. The molecule has 0 aromatic heterocycles. The van der Waals surface area contributed by atoms with Crippen LogP contribution in [-0.4, -0.2) is 49.4 Å². The van der Waals surface area contributed by atoms with E-state index in [1.807, 2.05) is 0 Å². The Kier molecular flexibility index (Phi) is 5.01. The Morgan fingerprint density at radius 3 is 2.81 bits per heavy atom. The zero-order valence-corrected chi connectivity index (χ0v) is 9.28. The molecular weight excluding hydrogens is 217 g/mol. The van der Waals surface area contributed by atoms with Gasteiger partial charge in [-0.15, -0.1) is 0 Å². The molecule has 92 valence electrons. The van der Waals surface area contributed by atoms with Gasteiger partial charge < -0.3 is 14.4 Å². The number of carbonyl (C=O) groups excluding carboxylic acids is 2. The fourth-order valence-electron chi connectivity index (χ4n) is 1.51. The van der Waals surface area contributed by atoms with Crippen LogP contribution in [0.15, 0.2) is 0 Å². The molecule has 1 amide bonds. The van der Waals surface area contributed by atoms with E-state index in [1.165, 1.54) is 4.90 Å². The number of halogens is 1. The molecule has 0 N–H and O–H groups in total. The minimum absolute atomic E-state index is 0.0433. The van der Waals surface area contributed by atoms with Gasteiger partial charge in [-0.25, -0.2) is 14.0 Å². The zero-order chi connectivity index (χ0) is 12.0. The number of ether oxygens (including phenoxy) is 2. The van der Waals surface area contributed by atoms with Crippen LogP contribution in [0.1, 0.15) is 19.8 Å². The minimum atomic E-state index is -0.996. The lowest BCUT2D eigenvalue weighted by Crippen LogP contribution is -2.41. The van der Waals surface area contributed by atoms with Gasteiger partial charge in [0.2, 0.25) is 0 Å². The normalized spacial score (nSPS) is 20.4. The highest BCUT2D eigenvalue weighted by Gasteiger charge is 2.24. The Morgan fingerprint density at radius 1 is 1.44 bits per heavy atom. The van der Waals surface area contributed by atoms with Crippen molar-refractivity contribution in [1.29, 1.82) is 0 Å². The second-order valence-electron chi connectivity index (χ2n) is 3.55. The molecule has 0 aromatic carbocycles. The predicted molar refractivity (Wildman–Crippen MR) is 53.7 cm³/mol. The fraction of sp³-hybridized carbons (Fsp3) is 0.800. The first-order valence-electron chi connectivity index (χ1n) is 5.35. The third-order valence-corrected chi connectivity index (χ3v) is 2.24. The summed E-state index contributed by atoms with van der Waals surface area (Å²) < 4.78 is 22.3. The van der Waals surface area contributed by atoms with E-state index in [2.05, 4.69) is 9.47 Å². The van der Waals surface area contributed by atoms with Crippen molar-refractivity contribution in [2.75, 3.05) is 26.3 Å². The van der Waals surface area contributed by atoms with E-state index in [0.29, 0.717) is 19.4 Å². The maximum absolute atomic E-state index is 13.0. The number of amides is 1. The maximum Gasteiger partial charge on any atom is 0.410 e. The number of alkyl halides is 1. The lowest BCUT2D eigenvalue weighted by Gasteiger charge is -2.27. The molecule has 1 aliphatic heterocycles. The summed E-state index contributed by atoms with van der Waals surface area (Å²) >= 11 is 0. The van der Waals surface area contributed by atoms with Crippen LogP contribution >= 0.6 is 0 Å². The lowest BCUT2D eigenvalue weighted by atomic mass is 10.1. The van der Waals surface area contributed by atoms with Gasteiger partial charge >= 0.3 is 12.1 Å². The van der Waals surface area contributed by atoms with Crippen molar-refractivity contribution in [3.63, 3.8) is 0 Å². The molecule has 0 aliphatic carbocycles. The molecule has 1 heterocycles. The average molecular weight is 233 g/mol. The average Bonchev–Trinajstić information content (AvgIpc) is 2.26. The van der Waals surface area contributed by atoms with Gasteiger partial charge in [0, 0.05) is 6.54 Å². The summed E-state index contributed by atoms with van der Waals surface area (Å²) in [5.74, 6) is -0.593. The van der Waals surface area contributed by atoms with Crippen LogP contribution in [-0.2, 0) is 14.3 Å². The van der Waals surface area contributed by atoms with Crippen LogP contribution in [0, 0.1) is 0 Å². The third-order valence-electron chi connectivity index (χ3n) is 2.24. The van der Waals surface area contributed by atoms with Crippen LogP contribution in [0.25, 0.3) is 0 Å². The van der Waals surface area contributed by atoms with Crippen LogP contribution in [0.2, 0.25) is 0 Å². The molecule has 0 radical (unpaired) electrons. The highest BCUT2D eigenvalue weighted by molar-refractivity contribution is 5.75. The highest BCUT2D eigenvalue weighted by Crippen LogP contribution is 2.13. The van der Waals surface area contributed by atoms with E-state index < -0.39 is 24.8 Å². The molecule has 1 aliphatic rings. The molecule has 6 heteroatoms. The Balaban J connectivity index is 2.26. The second kappa shape index (κ2) is 6.30. The van der Waals surface area contributed by atoms with Crippen molar-refractivity contribution in [3.05, 3.63) is 0 Å². The van der Waals surface area contributed by atoms with E-state index in [-0.39, 0.29) is 13.2 Å². The Morgan fingerprint density at radius 2 is 2.19 bits per heavy atom. The summed E-state index contributed by atoms with van der Waals surface area (Å²) in [6.07, 6.45) is -0.559. The molecule has 0 bridgehead atoms. The molecule has 1 rings (SSSR count). The van der Waals surface area contributed by atoms with Gasteiger partial charge in [0.05, 0.1) is 13.2 Å². The number of esters is 1. The number of rotatable bonds is 3. The molecule has 1 unspecified atom stereocenters. The first-order chi connectivity index (χ1) is 7.63. The van der Waals surface area contributed by atoms with Crippen molar-refractivity contribution in [2.45, 2.75) is 25.9 Å². The Labute approximate surface area is 93.5 Å². The van der Waals surface area contributed by atoms with Gasteiger partial charge in [0.15, 0.2) is 6.61 Å². The van der Waals surface area contributed by atoms with Gasteiger partial charge in [-0.3, -0.25) is 0 Å². The monoisotopic (exact) mass is 233 g/mol. The van der Waals surface area contributed by atoms with Gasteiger partial charge in [-0.2, -0.15) is 0 Å². The van der Waals surface area contributed by atoms with Crippen LogP contribution in [0.4, 0.5) is 9.18 Å². The quantitative estimate of drug-likeness (QED) is 0.685. The van der Waals surface area contributed by atoms with E-state index in [9.17, 15) is 14.0 Å². The standard InChI is InChI=1S/C10H16FNO4/c1-2-15-9(13)7-16-10(14)12-5-3-4-8(11)6-12/h8H,2-7H2,1H3. The summed E-state index contributed by atoms with van der Waals surface area (Å²) in [6, 6.07) is 0. The van der Waals surface area contributed by atoms with Gasteiger partial charge in [-0.05, 0) is 19.8 Å². The van der Waals surface area contributed by atoms with Gasteiger partial charge in [0.25, 0.3) is 0 Å². The molecule has 0 aromatic rings. The van der Waals surface area contributed by atoms with Crippen molar-refractivity contribution in [1.82, 2.24) is 4.90 Å². The smallest absolute Gasteiger partial charge is 0.410 e. The van der Waals surface area contributed by atoms with Crippen LogP contribution in [0.5, 0.6) is 0 Å². The molecule has 5 nitrogen and oxygen atoms in total. The molecule has 1 saturated heterocycles. The SMILES string of the molecule is CCOC(=O)COC(=O)N1CCCC(F)C1. The fourth-order valence-corrected chi connectivity index (χ4v) is 1.51. The summed E-state index contributed by atoms with van der Waals surface area (Å²) in [7, 11) is 0. The van der Waals surface area contributed by atoms with Crippen molar-refractivity contribution in [2.24, 2.45) is 0 Å². The Bertz CT molecular complexity index is 259. The molecular formula is C10H16FNO4. The van der Waals surface area contributed by atoms with E-state index in [4.69, 9.17) is 0 Å². The topological polar surface area (TPSA) is 55.8 Å². The van der Waals surface area contributed by atoms with Crippen molar-refractivity contribution >= 4 is 12.1 Å². The molecule has 1 fully saturated rings. The summed E-state index contributed by atoms with van der Waals surface area (Å²) in [6.45, 7) is 2.01. The predicted octanol–water partition coefficient (Wildman–Crippen LogP) is 1.12. The minimum Gasteiger partial charge on any atom is -0.463 e. The molecule has 1 atom stereocenters. The second-order valence-corrected chi connectivity index (χ2v) is 3.55. The summed E-state index contributed by atoms with van der Waals surface area (Å²) in [4.78, 5) is 23.6. The zero-order valence-electron chi connectivity index (χ0n) is 9.28. The number of hydrogen-bond donors (Lipinski definition) is 0. The number of piperidine rings is 1. The number of likely N-dealkylation sites (tertiary alicyclic amines) is 1. The van der Waals surface area contributed by atoms with E-state index in [1.54, 1.807) is 6.92 Å². The van der Waals surface area contributed by atoms with E-state index >= 15 is 0 Å². The largest absolute Gasteiger partial charge is 0.463 e. The summed E-state index contributed by atoms with van der Waals surface area (Å²) in [5, 5.41) is 0. The molecule has 0 spiro atoms. The van der Waals surface area contributed by atoms with Gasteiger partial charge in [-0.1, -0.05) is 0 Å².